The van der Waals surface area contributed by atoms with E-state index < -0.39 is 5.82 Å². The van der Waals surface area contributed by atoms with Crippen LogP contribution in [0.2, 0.25) is 5.02 Å². The first kappa shape index (κ1) is 13.6. The number of hydrogen-bond acceptors (Lipinski definition) is 4. The molecule has 0 saturated heterocycles. The molecule has 0 saturated carbocycles. The van der Waals surface area contributed by atoms with Crippen LogP contribution in [0.1, 0.15) is 6.92 Å². The third-order valence-electron chi connectivity index (χ3n) is 2.92. The van der Waals surface area contributed by atoms with Gasteiger partial charge in [-0.15, -0.1) is 0 Å². The number of aromatic nitrogens is 3. The average Bonchev–Trinajstić information content (AvgIpc) is 2.78. The topological polar surface area (TPSA) is 71.0 Å². The second-order valence-corrected chi connectivity index (χ2v) is 4.73. The van der Waals surface area contributed by atoms with Crippen molar-refractivity contribution >= 4 is 22.8 Å². The van der Waals surface area contributed by atoms with E-state index in [-0.39, 0.29) is 27.9 Å². The number of nitrogens with zero attached hydrogens (tertiary/aromatic N) is 2. The van der Waals surface area contributed by atoms with E-state index in [1.165, 1.54) is 6.07 Å². The van der Waals surface area contributed by atoms with Gasteiger partial charge in [0.05, 0.1) is 22.8 Å². The van der Waals surface area contributed by atoms with Crippen molar-refractivity contribution in [3.8, 4) is 23.0 Å². The predicted molar refractivity (Wildman–Crippen MR) is 77.1 cm³/mol. The summed E-state index contributed by atoms with van der Waals surface area (Å²) >= 11 is 6.13. The minimum absolute atomic E-state index is 0.243. The van der Waals surface area contributed by atoms with Crippen LogP contribution in [0.25, 0.3) is 22.4 Å². The molecule has 21 heavy (non-hydrogen) atoms. The lowest BCUT2D eigenvalue weighted by atomic mass is 10.1. The summed E-state index contributed by atoms with van der Waals surface area (Å²) in [7, 11) is 0. The Balaban J connectivity index is 2.13. The van der Waals surface area contributed by atoms with Crippen molar-refractivity contribution in [2.45, 2.75) is 6.92 Å². The van der Waals surface area contributed by atoms with Gasteiger partial charge in [-0.25, -0.2) is 9.37 Å². The summed E-state index contributed by atoms with van der Waals surface area (Å²) < 4.78 is 19.4. The highest BCUT2D eigenvalue weighted by molar-refractivity contribution is 6.33. The zero-order valence-electron chi connectivity index (χ0n) is 11.0. The Hall–Kier alpha value is -2.34. The molecule has 0 spiro atoms. The van der Waals surface area contributed by atoms with Gasteiger partial charge in [-0.05, 0) is 25.1 Å². The molecule has 0 amide bonds. The number of ether oxygens (including phenoxy) is 1. The molecule has 2 aromatic heterocycles. The molecule has 0 radical (unpaired) electrons. The predicted octanol–water partition coefficient (Wildman–Crippen LogP) is 3.52. The van der Waals surface area contributed by atoms with Gasteiger partial charge in [-0.3, -0.25) is 0 Å². The van der Waals surface area contributed by atoms with Crippen molar-refractivity contribution < 1.29 is 14.2 Å². The lowest BCUT2D eigenvalue weighted by Gasteiger charge is -2.08. The van der Waals surface area contributed by atoms with Crippen LogP contribution in [0.15, 0.2) is 24.3 Å². The molecule has 0 unspecified atom stereocenters. The molecule has 7 heteroatoms. The van der Waals surface area contributed by atoms with E-state index in [0.717, 1.165) is 0 Å². The number of H-pyrrole nitrogens is 1. The molecule has 1 aromatic carbocycles. The fraction of sp³-hybridized carbons (Fsp3) is 0.143. The van der Waals surface area contributed by atoms with E-state index in [1.807, 2.05) is 6.92 Å². The first-order chi connectivity index (χ1) is 10.1. The largest absolute Gasteiger partial charge is 0.494 e. The number of fused-ring (bicyclic) bond motifs is 1. The molecule has 0 atom stereocenters. The van der Waals surface area contributed by atoms with Gasteiger partial charge < -0.3 is 14.8 Å². The van der Waals surface area contributed by atoms with E-state index in [0.29, 0.717) is 17.9 Å². The Bertz CT molecular complexity index is 819. The second kappa shape index (κ2) is 5.21. The lowest BCUT2D eigenvalue weighted by Crippen LogP contribution is -1.95. The monoisotopic (exact) mass is 307 g/mol. The molecule has 108 valence electrons. The lowest BCUT2D eigenvalue weighted by molar-refractivity contribution is 0.338. The van der Waals surface area contributed by atoms with Crippen molar-refractivity contribution in [1.29, 1.82) is 0 Å². The van der Waals surface area contributed by atoms with Gasteiger partial charge in [0.2, 0.25) is 0 Å². The average molecular weight is 308 g/mol. The number of rotatable bonds is 3. The minimum atomic E-state index is -0.491. The summed E-state index contributed by atoms with van der Waals surface area (Å²) in [4.78, 5) is 10.6. The van der Waals surface area contributed by atoms with Crippen molar-refractivity contribution in [1.82, 2.24) is 15.0 Å². The third-order valence-corrected chi connectivity index (χ3v) is 3.21. The Morgan fingerprint density at radius 3 is 2.86 bits per heavy atom. The van der Waals surface area contributed by atoms with Crippen molar-refractivity contribution in [2.75, 3.05) is 6.61 Å². The van der Waals surface area contributed by atoms with Gasteiger partial charge in [-0.2, -0.15) is 4.98 Å². The van der Waals surface area contributed by atoms with Crippen LogP contribution in [0, 0.1) is 5.82 Å². The fourth-order valence-corrected chi connectivity index (χ4v) is 2.29. The molecule has 3 rings (SSSR count). The highest BCUT2D eigenvalue weighted by Crippen LogP contribution is 2.32. The van der Waals surface area contributed by atoms with Gasteiger partial charge in [0, 0.05) is 11.6 Å². The fourth-order valence-electron chi connectivity index (χ4n) is 2.04. The van der Waals surface area contributed by atoms with Crippen molar-refractivity contribution in [3.63, 3.8) is 0 Å². The van der Waals surface area contributed by atoms with E-state index in [9.17, 15) is 9.50 Å². The maximum Gasteiger partial charge on any atom is 0.293 e. The van der Waals surface area contributed by atoms with Gasteiger partial charge in [-0.1, -0.05) is 11.6 Å². The normalized spacial score (nSPS) is 11.0. The summed E-state index contributed by atoms with van der Waals surface area (Å²) in [5.74, 6) is -0.0529. The molecule has 5 nitrogen and oxygen atoms in total. The number of hydrogen-bond donors (Lipinski definition) is 2. The highest BCUT2D eigenvalue weighted by Gasteiger charge is 2.15. The maximum absolute atomic E-state index is 14.2. The highest BCUT2D eigenvalue weighted by atomic mass is 35.5. The number of aromatic hydroxyl groups is 1. The zero-order valence-corrected chi connectivity index (χ0v) is 11.8. The Kier molecular flexibility index (Phi) is 3.39. The van der Waals surface area contributed by atoms with Gasteiger partial charge in [0.15, 0.2) is 5.65 Å². The van der Waals surface area contributed by atoms with Crippen molar-refractivity contribution in [2.24, 2.45) is 0 Å². The molecule has 0 aliphatic heterocycles. The quantitative estimate of drug-likeness (QED) is 0.776. The number of benzene rings is 1. The smallest absolute Gasteiger partial charge is 0.293 e. The van der Waals surface area contributed by atoms with Crippen LogP contribution >= 0.6 is 11.6 Å². The summed E-state index contributed by atoms with van der Waals surface area (Å²) in [5, 5.41) is 9.58. The van der Waals surface area contributed by atoms with Crippen LogP contribution in [0.5, 0.6) is 11.8 Å². The van der Waals surface area contributed by atoms with Gasteiger partial charge in [0.1, 0.15) is 11.6 Å². The minimum Gasteiger partial charge on any atom is -0.494 e. The molecule has 2 N–H and O–H groups in total. The molecule has 2 heterocycles. The Morgan fingerprint density at radius 1 is 1.33 bits per heavy atom. The molecular formula is C14H11ClFN3O2. The summed E-state index contributed by atoms with van der Waals surface area (Å²) in [6, 6.07) is 5.75. The van der Waals surface area contributed by atoms with E-state index >= 15 is 0 Å². The SMILES string of the molecule is CCOc1ccc(-c2nc3nc(O)[nH]c3cc2Cl)c(F)c1. The standard InChI is InChI=1S/C14H11ClFN3O2/c1-2-21-7-3-4-8(10(16)5-7)12-9(15)6-11-13(18-12)19-14(20)17-11/h3-6H,2H2,1H3,(H2,17,18,19,20). The van der Waals surface area contributed by atoms with E-state index in [1.54, 1.807) is 18.2 Å². The van der Waals surface area contributed by atoms with E-state index in [4.69, 9.17) is 16.3 Å². The molecule has 3 aromatic rings. The number of halogens is 2. The molecule has 0 aliphatic rings. The van der Waals surface area contributed by atoms with E-state index in [2.05, 4.69) is 15.0 Å². The van der Waals surface area contributed by atoms with Crippen LogP contribution in [-0.4, -0.2) is 26.7 Å². The summed E-state index contributed by atoms with van der Waals surface area (Å²) in [6.07, 6.45) is 0. The Morgan fingerprint density at radius 2 is 2.14 bits per heavy atom. The van der Waals surface area contributed by atoms with Crippen molar-refractivity contribution in [3.05, 3.63) is 35.1 Å². The number of imidazole rings is 1. The molecular weight excluding hydrogens is 297 g/mol. The number of nitrogens with one attached hydrogen (secondary N) is 1. The van der Waals surface area contributed by atoms with Gasteiger partial charge in [0.25, 0.3) is 6.01 Å². The number of aromatic amines is 1. The first-order valence-electron chi connectivity index (χ1n) is 6.26. The number of pyridine rings is 1. The van der Waals surface area contributed by atoms with Gasteiger partial charge >= 0.3 is 0 Å². The maximum atomic E-state index is 14.2. The van der Waals surface area contributed by atoms with Crippen LogP contribution in [-0.2, 0) is 0 Å². The van der Waals surface area contributed by atoms with Crippen LogP contribution in [0.3, 0.4) is 0 Å². The Labute approximate surface area is 124 Å². The zero-order chi connectivity index (χ0) is 15.0. The van der Waals surface area contributed by atoms with Crippen LogP contribution < -0.4 is 4.74 Å². The third kappa shape index (κ3) is 2.50. The second-order valence-electron chi connectivity index (χ2n) is 4.33. The molecule has 0 fully saturated rings. The first-order valence-corrected chi connectivity index (χ1v) is 6.64. The van der Waals surface area contributed by atoms with Crippen LogP contribution in [0.4, 0.5) is 4.39 Å². The molecule has 0 aliphatic carbocycles. The summed E-state index contributed by atoms with van der Waals surface area (Å²) in [5.41, 5.74) is 1.25. The molecule has 0 bridgehead atoms. The summed E-state index contributed by atoms with van der Waals surface area (Å²) in [6.45, 7) is 2.28.